The Labute approximate surface area is 755 Å². The molecule has 0 saturated carbocycles. The van der Waals surface area contributed by atoms with Gasteiger partial charge in [-0.15, -0.1) is 11.8 Å². The van der Waals surface area contributed by atoms with Crippen molar-refractivity contribution in [1.82, 2.24) is 82.7 Å². The fourth-order valence-electron chi connectivity index (χ4n) is 16.2. The van der Waals surface area contributed by atoms with Gasteiger partial charge in [-0.3, -0.25) is 86.3 Å². The zero-order valence-electron chi connectivity index (χ0n) is 74.0. The van der Waals surface area contributed by atoms with E-state index in [1.54, 1.807) is 63.4 Å². The van der Waals surface area contributed by atoms with Crippen LogP contribution in [0.4, 0.5) is 5.69 Å². The Kier molecular flexibility index (Phi) is 38.6. The number of unbranched alkanes of at least 4 members (excludes halogenated alkanes) is 2. The van der Waals surface area contributed by atoms with Crippen LogP contribution in [0.1, 0.15) is 147 Å². The zero-order chi connectivity index (χ0) is 95.5. The monoisotopic (exact) mass is 1830 g/mol. The van der Waals surface area contributed by atoms with E-state index in [1.165, 1.54) is 45.3 Å². The summed E-state index contributed by atoms with van der Waals surface area (Å²) in [7, 11) is 3.77. The number of H-pyrrole nitrogens is 1. The van der Waals surface area contributed by atoms with Crippen LogP contribution in [-0.2, 0) is 99.1 Å². The van der Waals surface area contributed by atoms with Gasteiger partial charge in [-0.1, -0.05) is 102 Å². The summed E-state index contributed by atoms with van der Waals surface area (Å²) in [5, 5.41) is 92.7. The maximum atomic E-state index is 15.7. The molecule has 20 N–H and O–H groups in total. The number of nitrogens with one attached hydrogen (secondary N) is 12. The van der Waals surface area contributed by atoms with Crippen molar-refractivity contribution < 1.29 is 117 Å². The van der Waals surface area contributed by atoms with Gasteiger partial charge in [0.1, 0.15) is 90.3 Å². The Morgan fingerprint density at radius 1 is 0.577 bits per heavy atom. The summed E-state index contributed by atoms with van der Waals surface area (Å²) in [6, 6.07) is -3.52. The number of benzene rings is 3. The average molecular weight is 1840 g/mol. The molecule has 4 aliphatic heterocycles. The van der Waals surface area contributed by atoms with Crippen LogP contribution in [0.3, 0.4) is 0 Å². The van der Waals surface area contributed by atoms with E-state index in [9.17, 15) is 83.4 Å². The van der Waals surface area contributed by atoms with Crippen molar-refractivity contribution in [3.63, 3.8) is 0 Å². The standard InChI is InChI=1S/C87H122N18O24S/c1-9-11-22-66-80(122)93-57(29-30-72(112)113)76(118)100-65(75(117)91-40-70(88)110)44-130-45-71(111)92-60(33-48-25-27-51(108)28-26-48)83(125)101(6)47(5)74(116)95-62(37-73(114)115)85(127)104-31-17-24-67(104)81(123)99-64(43-107)79(121)96-59(32-46(3)4)86(128)105-41-52(109)36-69(105)82(124)94-58(34-49-38-89-55-20-15-13-18-53(49)55)77(119)98-63(42-106)78(120)97-61(35-50-39-90-56-21-16-14-19-54(50)56)84(126)103(8)68(23-12-10-2)87(129)102(66)7/h13-16,18-21,25-28,38,46-47,50,52,57-69,89-90,106-109H,9-12,17,22-24,29-37,39-45H2,1-8H3,(H2,88,110)(H,91,117)(H,92,111)(H,93,122)(H,94,124)(H,95,116)(H,96,121)(H,97,120)(H,98,119)(H,99,123)(H,100,118)(H,112,113)(H,114,115)/t47-,50?,52+,57-,58-,59-,60-,61-,62-,63-,64-,65-,66-,67-,68-,69-/m0/s1. The van der Waals surface area contributed by atoms with Crippen molar-refractivity contribution in [2.24, 2.45) is 11.7 Å². The van der Waals surface area contributed by atoms with Crippen molar-refractivity contribution in [3.05, 3.63) is 95.7 Å². The first-order valence-electron chi connectivity index (χ1n) is 43.5. The second kappa shape index (κ2) is 48.8. The molecule has 1 aromatic heterocycles. The van der Waals surface area contributed by atoms with Gasteiger partial charge in [0.25, 0.3) is 0 Å². The second-order valence-corrected chi connectivity index (χ2v) is 34.6. The third-order valence-corrected chi connectivity index (χ3v) is 24.6. The molecule has 16 amide bonds. The molecular weight excluding hydrogens is 1710 g/mol. The number of aliphatic carboxylic acids is 2. The van der Waals surface area contributed by atoms with E-state index in [0.717, 1.165) is 42.8 Å². The van der Waals surface area contributed by atoms with Gasteiger partial charge in [0.2, 0.25) is 94.5 Å². The van der Waals surface area contributed by atoms with E-state index in [2.05, 4.69) is 63.5 Å². The van der Waals surface area contributed by atoms with Gasteiger partial charge in [-0.2, -0.15) is 0 Å². The highest BCUT2D eigenvalue weighted by Crippen LogP contribution is 2.35. The highest BCUT2D eigenvalue weighted by molar-refractivity contribution is 8.00. The number of para-hydroxylation sites is 2. The number of nitrogens with two attached hydrogens (primary N) is 1. The summed E-state index contributed by atoms with van der Waals surface area (Å²) < 4.78 is 0. The number of primary amides is 1. The summed E-state index contributed by atoms with van der Waals surface area (Å²) in [6.45, 7) is 4.77. The molecule has 5 heterocycles. The third-order valence-electron chi connectivity index (χ3n) is 23.5. The van der Waals surface area contributed by atoms with E-state index in [4.69, 9.17) is 5.73 Å². The molecule has 16 atom stereocenters. The van der Waals surface area contributed by atoms with Crippen LogP contribution in [0.15, 0.2) is 79.0 Å². The Morgan fingerprint density at radius 2 is 1.15 bits per heavy atom. The number of hydrogen-bond donors (Lipinski definition) is 19. The van der Waals surface area contributed by atoms with E-state index in [-0.39, 0.29) is 76.6 Å². The van der Waals surface area contributed by atoms with Gasteiger partial charge >= 0.3 is 11.9 Å². The third kappa shape index (κ3) is 28.2. The number of aromatic nitrogens is 1. The Balaban J connectivity index is 1.18. The van der Waals surface area contributed by atoms with Crippen molar-refractivity contribution in [2.45, 2.75) is 234 Å². The lowest BCUT2D eigenvalue weighted by molar-refractivity contribution is -0.149. The number of fused-ring (bicyclic) bond motifs is 4. The number of nitrogens with zero attached hydrogens (tertiary/aromatic N) is 5. The first-order chi connectivity index (χ1) is 61.8. The molecule has 1 unspecified atom stereocenters. The number of aliphatic hydroxyl groups excluding tert-OH is 3. The lowest BCUT2D eigenvalue weighted by atomic mass is 9.92. The predicted molar refractivity (Wildman–Crippen MR) is 471 cm³/mol. The molecular formula is C87H122N18O24S. The van der Waals surface area contributed by atoms with Crippen molar-refractivity contribution >= 4 is 135 Å². The number of hydrogen-bond acceptors (Lipinski definition) is 24. The number of anilines is 1. The number of carboxylic acid groups (broad SMARTS) is 2. The minimum atomic E-state index is -1.93. The van der Waals surface area contributed by atoms with Crippen LogP contribution in [0.25, 0.3) is 10.9 Å². The molecule has 4 aliphatic rings. The minimum Gasteiger partial charge on any atom is -0.508 e. The highest BCUT2D eigenvalue weighted by atomic mass is 32.2. The zero-order valence-corrected chi connectivity index (χ0v) is 74.9. The number of carbonyl (C=O) groups is 18. The van der Waals surface area contributed by atoms with Crippen LogP contribution in [0.5, 0.6) is 5.75 Å². The SMILES string of the molecule is CCCC[C@H]1C(=O)N(C)[C@@H](CCCC)C(=O)N[C@@H](CCC(=O)O)C(=O)N[C@H](C(=O)NCC(N)=O)CSCC(=O)N[C@@H](Cc2ccc(O)cc2)C(=O)N(C)[C@@H](C)C(=O)N[C@@H](CC(=O)O)C(=O)N2CCC[C@H]2C(=O)N[C@@H](CO)C(=O)N[C@@H](CC(C)C)C(=O)N2C[C@H](O)C[C@H]2C(=O)N[C@@H](Cc2c[nH]c3ccccc23)C(=O)N[C@@H](CO)C(=O)N[C@@H](CC2CNc3ccccc32)C(=O)N1C. The van der Waals surface area contributed by atoms with E-state index in [0.29, 0.717) is 53.1 Å². The molecule has 0 aliphatic carbocycles. The summed E-state index contributed by atoms with van der Waals surface area (Å²) in [4.78, 5) is 267. The summed E-state index contributed by atoms with van der Waals surface area (Å²) in [5.41, 5.74) is 8.28. The van der Waals surface area contributed by atoms with Crippen molar-refractivity contribution in [3.8, 4) is 5.75 Å². The van der Waals surface area contributed by atoms with Gasteiger partial charge in [0.15, 0.2) is 0 Å². The molecule has 710 valence electrons. The van der Waals surface area contributed by atoms with Crippen LogP contribution in [0, 0.1) is 5.92 Å². The minimum absolute atomic E-state index is 0.0364. The largest absolute Gasteiger partial charge is 0.508 e. The molecule has 3 aromatic carbocycles. The number of aliphatic hydroxyl groups is 3. The smallest absolute Gasteiger partial charge is 0.305 e. The summed E-state index contributed by atoms with van der Waals surface area (Å²) >= 11 is 0.693. The lowest BCUT2D eigenvalue weighted by Crippen LogP contribution is -2.61. The van der Waals surface area contributed by atoms with Gasteiger partial charge in [0.05, 0.1) is 38.0 Å². The number of likely N-dealkylation sites (N-methyl/N-ethyl adjacent to an activating group) is 3. The van der Waals surface area contributed by atoms with E-state index < -0.39 is 272 Å². The maximum absolute atomic E-state index is 15.7. The Bertz CT molecular complexity index is 4750. The number of carboxylic acids is 2. The molecule has 3 fully saturated rings. The Morgan fingerprint density at radius 3 is 1.79 bits per heavy atom. The van der Waals surface area contributed by atoms with Crippen LogP contribution in [0.2, 0.25) is 0 Å². The van der Waals surface area contributed by atoms with Gasteiger partial charge in [-0.05, 0) is 98.7 Å². The van der Waals surface area contributed by atoms with Gasteiger partial charge in [-0.25, -0.2) is 0 Å². The number of rotatable bonds is 24. The molecule has 0 spiro atoms. The fourth-order valence-corrected chi connectivity index (χ4v) is 17.1. The number of thioether (sulfide) groups is 1. The summed E-state index contributed by atoms with van der Waals surface area (Å²) in [5.74, 6) is -21.5. The molecule has 8 rings (SSSR count). The molecule has 0 radical (unpaired) electrons. The van der Waals surface area contributed by atoms with Crippen molar-refractivity contribution in [1.29, 1.82) is 0 Å². The number of phenolic OH excluding ortho intramolecular Hbond substituents is 1. The molecule has 42 nitrogen and oxygen atoms in total. The van der Waals surface area contributed by atoms with Gasteiger partial charge in [0, 0.05) is 101 Å². The average Bonchev–Trinajstić information content (AvgIpc) is 1.59. The van der Waals surface area contributed by atoms with E-state index in [1.807, 2.05) is 19.1 Å². The Hall–Kier alpha value is -12.5. The molecule has 3 saturated heterocycles. The quantitative estimate of drug-likeness (QED) is 0.0336. The summed E-state index contributed by atoms with van der Waals surface area (Å²) in [6.07, 6.45) is -2.25. The lowest BCUT2D eigenvalue weighted by Gasteiger charge is -2.37. The highest BCUT2D eigenvalue weighted by Gasteiger charge is 2.47. The maximum Gasteiger partial charge on any atom is 0.305 e. The topological polar surface area (TPSA) is 619 Å². The van der Waals surface area contributed by atoms with Gasteiger partial charge < -0.3 is 124 Å². The fraction of sp³-hybridized carbons (Fsp3) is 0.563. The molecule has 130 heavy (non-hydrogen) atoms. The number of aromatic hydroxyl groups is 1. The normalized spacial score (nSPS) is 26.2. The number of phenols is 1. The first kappa shape index (κ1) is 103. The van der Waals surface area contributed by atoms with Crippen LogP contribution >= 0.6 is 11.8 Å². The number of amides is 16. The van der Waals surface area contributed by atoms with Crippen LogP contribution in [-0.4, -0.2) is 329 Å². The number of carbonyl (C=O) groups excluding carboxylic acids is 16. The molecule has 43 heteroatoms. The van der Waals surface area contributed by atoms with Crippen LogP contribution < -0.4 is 64.2 Å². The second-order valence-electron chi connectivity index (χ2n) is 33.6. The predicted octanol–water partition coefficient (Wildman–Crippen LogP) is -2.83. The molecule has 4 aromatic rings. The molecule has 0 bridgehead atoms. The number of aromatic amines is 1. The van der Waals surface area contributed by atoms with Crippen molar-refractivity contribution in [2.75, 3.05) is 77.4 Å². The first-order valence-corrected chi connectivity index (χ1v) is 44.7. The van der Waals surface area contributed by atoms with E-state index >= 15 is 33.6 Å².